The van der Waals surface area contributed by atoms with Crippen molar-refractivity contribution in [2.24, 2.45) is 5.92 Å². The zero-order valence-corrected chi connectivity index (χ0v) is 11.0. The van der Waals surface area contributed by atoms with Gasteiger partial charge in [-0.3, -0.25) is 0 Å². The molecule has 3 rings (SSSR count). The second kappa shape index (κ2) is 5.17. The van der Waals surface area contributed by atoms with Crippen LogP contribution in [0.5, 0.6) is 0 Å². The van der Waals surface area contributed by atoms with Crippen LogP contribution >= 0.6 is 0 Å². The number of aliphatic hydroxyl groups excluding tert-OH is 1. The van der Waals surface area contributed by atoms with E-state index in [1.54, 1.807) is 0 Å². The van der Waals surface area contributed by atoms with Crippen LogP contribution in [0.25, 0.3) is 10.9 Å². The summed E-state index contributed by atoms with van der Waals surface area (Å²) in [5.41, 5.74) is 7.68. The number of benzene rings is 1. The molecular formula is C16H20N2O. The Morgan fingerprint density at radius 1 is 1.16 bits per heavy atom. The monoisotopic (exact) mass is 256 g/mol. The maximum Gasteiger partial charge on any atom is 0.124 e. The summed E-state index contributed by atoms with van der Waals surface area (Å²) in [4.78, 5) is 4.33. The van der Waals surface area contributed by atoms with E-state index in [4.69, 9.17) is 5.73 Å². The topological polar surface area (TPSA) is 59.1 Å². The van der Waals surface area contributed by atoms with E-state index in [0.717, 1.165) is 29.3 Å². The highest BCUT2D eigenvalue weighted by molar-refractivity contribution is 5.84. The molecule has 19 heavy (non-hydrogen) atoms. The molecule has 0 amide bonds. The standard InChI is InChI=1S/C16H20N2O/c17-15-10-13(12-8-4-5-9-14(12)18-15)16(19)11-6-2-1-3-7-11/h4-5,8-11,16,19H,1-3,6-7H2,(H2,17,18). The summed E-state index contributed by atoms with van der Waals surface area (Å²) in [6, 6.07) is 9.73. The fraction of sp³-hybridized carbons (Fsp3) is 0.438. The summed E-state index contributed by atoms with van der Waals surface area (Å²) < 4.78 is 0. The average Bonchev–Trinajstić information content (AvgIpc) is 2.46. The van der Waals surface area contributed by atoms with E-state index in [2.05, 4.69) is 4.98 Å². The first kappa shape index (κ1) is 12.4. The van der Waals surface area contributed by atoms with Crippen molar-refractivity contribution in [1.29, 1.82) is 0 Å². The molecule has 2 aromatic rings. The zero-order valence-electron chi connectivity index (χ0n) is 11.0. The number of hydrogen-bond acceptors (Lipinski definition) is 3. The van der Waals surface area contributed by atoms with Crippen LogP contribution in [-0.4, -0.2) is 10.1 Å². The smallest absolute Gasteiger partial charge is 0.124 e. The molecule has 1 unspecified atom stereocenters. The molecule has 1 aliphatic carbocycles. The maximum atomic E-state index is 10.7. The van der Waals surface area contributed by atoms with Crippen LogP contribution in [0, 0.1) is 5.92 Å². The molecular weight excluding hydrogens is 236 g/mol. The highest BCUT2D eigenvalue weighted by atomic mass is 16.3. The lowest BCUT2D eigenvalue weighted by atomic mass is 9.82. The molecule has 0 radical (unpaired) electrons. The van der Waals surface area contributed by atoms with Gasteiger partial charge in [0.05, 0.1) is 11.6 Å². The van der Waals surface area contributed by atoms with E-state index in [9.17, 15) is 5.11 Å². The second-order valence-electron chi connectivity index (χ2n) is 5.50. The van der Waals surface area contributed by atoms with Gasteiger partial charge in [0.1, 0.15) is 5.82 Å². The van der Waals surface area contributed by atoms with Gasteiger partial charge in [-0.2, -0.15) is 0 Å². The summed E-state index contributed by atoms with van der Waals surface area (Å²) in [6.07, 6.45) is 5.54. The number of nitrogens with zero attached hydrogens (tertiary/aromatic N) is 1. The Morgan fingerprint density at radius 3 is 2.68 bits per heavy atom. The third kappa shape index (κ3) is 2.43. The number of pyridine rings is 1. The van der Waals surface area contributed by atoms with Gasteiger partial charge in [-0.05, 0) is 36.5 Å². The molecule has 1 aromatic heterocycles. The third-order valence-electron chi connectivity index (χ3n) is 4.18. The zero-order chi connectivity index (χ0) is 13.2. The molecule has 1 saturated carbocycles. The number of nitrogens with two attached hydrogens (primary N) is 1. The molecule has 3 nitrogen and oxygen atoms in total. The van der Waals surface area contributed by atoms with Crippen LogP contribution in [0.1, 0.15) is 43.8 Å². The molecule has 0 bridgehead atoms. The average molecular weight is 256 g/mol. The third-order valence-corrected chi connectivity index (χ3v) is 4.18. The first-order chi connectivity index (χ1) is 9.25. The number of nitrogen functional groups attached to an aromatic ring is 1. The lowest BCUT2D eigenvalue weighted by molar-refractivity contribution is 0.0861. The van der Waals surface area contributed by atoms with Crippen molar-refractivity contribution in [3.63, 3.8) is 0 Å². The van der Waals surface area contributed by atoms with Gasteiger partial charge < -0.3 is 10.8 Å². The SMILES string of the molecule is Nc1cc(C(O)C2CCCCC2)c2ccccc2n1. The number of hydrogen-bond donors (Lipinski definition) is 2. The highest BCUT2D eigenvalue weighted by Crippen LogP contribution is 2.37. The van der Waals surface area contributed by atoms with E-state index < -0.39 is 6.10 Å². The number of anilines is 1. The minimum atomic E-state index is -0.421. The number of rotatable bonds is 2. The molecule has 1 fully saturated rings. The Hall–Kier alpha value is -1.61. The van der Waals surface area contributed by atoms with Crippen molar-refractivity contribution in [3.05, 3.63) is 35.9 Å². The summed E-state index contributed by atoms with van der Waals surface area (Å²) in [6.45, 7) is 0. The van der Waals surface area contributed by atoms with E-state index in [1.807, 2.05) is 30.3 Å². The van der Waals surface area contributed by atoms with E-state index in [0.29, 0.717) is 11.7 Å². The molecule has 0 spiro atoms. The van der Waals surface area contributed by atoms with Gasteiger partial charge in [0.2, 0.25) is 0 Å². The maximum absolute atomic E-state index is 10.7. The highest BCUT2D eigenvalue weighted by Gasteiger charge is 2.24. The van der Waals surface area contributed by atoms with Crippen LogP contribution < -0.4 is 5.73 Å². The van der Waals surface area contributed by atoms with Gasteiger partial charge in [0, 0.05) is 5.39 Å². The normalized spacial score (nSPS) is 18.6. The Labute approximate surface area is 113 Å². The van der Waals surface area contributed by atoms with Crippen LogP contribution in [0.4, 0.5) is 5.82 Å². The van der Waals surface area contributed by atoms with Crippen molar-refractivity contribution in [1.82, 2.24) is 4.98 Å². The van der Waals surface area contributed by atoms with Crippen LogP contribution in [-0.2, 0) is 0 Å². The Morgan fingerprint density at radius 2 is 1.89 bits per heavy atom. The first-order valence-corrected chi connectivity index (χ1v) is 7.09. The Balaban J connectivity index is 2.03. The Kier molecular flexibility index (Phi) is 3.38. The van der Waals surface area contributed by atoms with Crippen molar-refractivity contribution < 1.29 is 5.11 Å². The van der Waals surface area contributed by atoms with Gasteiger partial charge in [-0.1, -0.05) is 37.5 Å². The second-order valence-corrected chi connectivity index (χ2v) is 5.50. The largest absolute Gasteiger partial charge is 0.388 e. The van der Waals surface area contributed by atoms with Crippen molar-refractivity contribution in [2.45, 2.75) is 38.2 Å². The summed E-state index contributed by atoms with van der Waals surface area (Å²) in [5.74, 6) is 0.850. The number of para-hydroxylation sites is 1. The molecule has 1 aromatic carbocycles. The van der Waals surface area contributed by atoms with Crippen molar-refractivity contribution >= 4 is 16.7 Å². The van der Waals surface area contributed by atoms with Crippen LogP contribution in [0.15, 0.2) is 30.3 Å². The van der Waals surface area contributed by atoms with Crippen molar-refractivity contribution in [3.8, 4) is 0 Å². The molecule has 1 heterocycles. The van der Waals surface area contributed by atoms with Gasteiger partial charge in [0.15, 0.2) is 0 Å². The van der Waals surface area contributed by atoms with E-state index >= 15 is 0 Å². The predicted molar refractivity (Wildman–Crippen MR) is 77.7 cm³/mol. The molecule has 0 saturated heterocycles. The lowest BCUT2D eigenvalue weighted by Gasteiger charge is -2.27. The minimum absolute atomic E-state index is 0.360. The molecule has 3 heteroatoms. The Bertz CT molecular complexity index is 576. The lowest BCUT2D eigenvalue weighted by Crippen LogP contribution is -2.16. The number of aromatic nitrogens is 1. The van der Waals surface area contributed by atoms with E-state index in [1.165, 1.54) is 19.3 Å². The van der Waals surface area contributed by atoms with Gasteiger partial charge in [0.25, 0.3) is 0 Å². The van der Waals surface area contributed by atoms with Gasteiger partial charge in [-0.15, -0.1) is 0 Å². The summed E-state index contributed by atoms with van der Waals surface area (Å²) in [7, 11) is 0. The minimum Gasteiger partial charge on any atom is -0.388 e. The molecule has 0 aliphatic heterocycles. The first-order valence-electron chi connectivity index (χ1n) is 7.09. The fourth-order valence-corrected chi connectivity index (χ4v) is 3.17. The number of fused-ring (bicyclic) bond motifs is 1. The van der Waals surface area contributed by atoms with Gasteiger partial charge in [-0.25, -0.2) is 4.98 Å². The summed E-state index contributed by atoms with van der Waals surface area (Å²) in [5, 5.41) is 11.7. The van der Waals surface area contributed by atoms with Crippen LogP contribution in [0.2, 0.25) is 0 Å². The summed E-state index contributed by atoms with van der Waals surface area (Å²) >= 11 is 0. The van der Waals surface area contributed by atoms with Crippen LogP contribution in [0.3, 0.4) is 0 Å². The quantitative estimate of drug-likeness (QED) is 0.865. The van der Waals surface area contributed by atoms with Gasteiger partial charge >= 0.3 is 0 Å². The molecule has 100 valence electrons. The molecule has 1 aliphatic rings. The molecule has 3 N–H and O–H groups in total. The number of aliphatic hydroxyl groups is 1. The predicted octanol–water partition coefficient (Wildman–Crippen LogP) is 3.43. The molecule has 1 atom stereocenters. The van der Waals surface area contributed by atoms with Crippen molar-refractivity contribution in [2.75, 3.05) is 5.73 Å². The van der Waals surface area contributed by atoms with E-state index in [-0.39, 0.29) is 0 Å². The fourth-order valence-electron chi connectivity index (χ4n) is 3.17.